The quantitative estimate of drug-likeness (QED) is 0.610. The molecule has 1 saturated heterocycles. The Hall–Kier alpha value is -0.750. The molecule has 1 fully saturated rings. The van der Waals surface area contributed by atoms with Crippen LogP contribution in [0.1, 0.15) is 19.3 Å². The summed E-state index contributed by atoms with van der Waals surface area (Å²) in [6.07, 6.45) is 2.45. The molecule has 0 saturated carbocycles. The lowest BCUT2D eigenvalue weighted by Crippen LogP contribution is -2.40. The van der Waals surface area contributed by atoms with Gasteiger partial charge in [-0.3, -0.25) is 0 Å². The molecule has 0 atom stereocenters. The van der Waals surface area contributed by atoms with Crippen LogP contribution in [0.15, 0.2) is 22.9 Å². The Kier molecular flexibility index (Phi) is 5.10. The van der Waals surface area contributed by atoms with Gasteiger partial charge in [0.1, 0.15) is 10.4 Å². The number of pyridine rings is 1. The number of halogens is 3. The van der Waals surface area contributed by atoms with Crippen LogP contribution in [-0.2, 0) is 0 Å². The highest BCUT2D eigenvalue weighted by Crippen LogP contribution is 2.27. The zero-order valence-electron chi connectivity index (χ0n) is 10.6. The van der Waals surface area contributed by atoms with Gasteiger partial charge in [-0.05, 0) is 34.5 Å². The van der Waals surface area contributed by atoms with Crippen molar-refractivity contribution in [3.63, 3.8) is 0 Å². The maximum absolute atomic E-state index is 13.0. The first-order chi connectivity index (χ1) is 9.05. The monoisotopic (exact) mass is 334 g/mol. The normalized spacial score (nSPS) is 19.3. The van der Waals surface area contributed by atoms with Gasteiger partial charge >= 0.3 is 0 Å². The zero-order valence-corrected chi connectivity index (χ0v) is 12.2. The molecule has 6 heteroatoms. The Bertz CT molecular complexity index is 390. The van der Waals surface area contributed by atoms with Gasteiger partial charge in [-0.15, -0.1) is 0 Å². The van der Waals surface area contributed by atoms with Crippen LogP contribution >= 0.6 is 15.9 Å². The van der Waals surface area contributed by atoms with Gasteiger partial charge in [-0.2, -0.15) is 0 Å². The molecule has 3 nitrogen and oxygen atoms in total. The van der Waals surface area contributed by atoms with E-state index >= 15 is 0 Å². The van der Waals surface area contributed by atoms with Gasteiger partial charge in [0.25, 0.3) is 5.92 Å². The predicted molar refractivity (Wildman–Crippen MR) is 72.7 cm³/mol. The minimum atomic E-state index is -2.46. The molecule has 0 amide bonds. The maximum Gasteiger partial charge on any atom is 0.250 e. The van der Waals surface area contributed by atoms with Crippen LogP contribution in [0.2, 0.25) is 0 Å². The average molecular weight is 335 g/mol. The highest BCUT2D eigenvalue weighted by Gasteiger charge is 2.33. The van der Waals surface area contributed by atoms with Gasteiger partial charge in [0.05, 0.1) is 12.8 Å². The summed E-state index contributed by atoms with van der Waals surface area (Å²) >= 11 is 3.25. The van der Waals surface area contributed by atoms with Gasteiger partial charge in [0.2, 0.25) is 0 Å². The summed E-state index contributed by atoms with van der Waals surface area (Å²) in [5.74, 6) is -1.73. The molecule has 1 aromatic heterocycles. The average Bonchev–Trinajstić information content (AvgIpc) is 2.38. The molecule has 0 aliphatic carbocycles. The van der Waals surface area contributed by atoms with Crippen LogP contribution in [0, 0.1) is 0 Å². The van der Waals surface area contributed by atoms with Crippen molar-refractivity contribution in [1.29, 1.82) is 0 Å². The predicted octanol–water partition coefficient (Wildman–Crippen LogP) is 3.34. The Morgan fingerprint density at radius 1 is 1.32 bits per heavy atom. The molecule has 0 aromatic carbocycles. The second-order valence-corrected chi connectivity index (χ2v) is 5.53. The van der Waals surface area contributed by atoms with Crippen LogP contribution in [-0.4, -0.2) is 42.0 Å². The summed E-state index contributed by atoms with van der Waals surface area (Å²) < 4.78 is 32.2. The molecular formula is C13H17BrF2N2O. The van der Waals surface area contributed by atoms with Gasteiger partial charge < -0.3 is 9.64 Å². The van der Waals surface area contributed by atoms with Gasteiger partial charge in [0, 0.05) is 32.5 Å². The summed E-state index contributed by atoms with van der Waals surface area (Å²) in [5, 5.41) is 0. The smallest absolute Gasteiger partial charge is 0.250 e. The molecule has 1 aromatic rings. The van der Waals surface area contributed by atoms with E-state index in [1.807, 2.05) is 12.1 Å². The number of hydrogen-bond donors (Lipinski definition) is 0. The minimum Gasteiger partial charge on any atom is -0.492 e. The second kappa shape index (κ2) is 6.61. The van der Waals surface area contributed by atoms with Crippen molar-refractivity contribution in [3.05, 3.63) is 22.9 Å². The molecular weight excluding hydrogens is 318 g/mol. The van der Waals surface area contributed by atoms with Crippen LogP contribution in [0.4, 0.5) is 8.78 Å². The van der Waals surface area contributed by atoms with E-state index in [4.69, 9.17) is 4.74 Å². The summed E-state index contributed by atoms with van der Waals surface area (Å²) in [5.41, 5.74) is 0. The molecule has 106 valence electrons. The van der Waals surface area contributed by atoms with Crippen molar-refractivity contribution in [2.24, 2.45) is 0 Å². The Labute approximate surface area is 120 Å². The summed E-state index contributed by atoms with van der Waals surface area (Å²) in [7, 11) is 0. The number of alkyl halides is 2. The number of nitrogens with zero attached hydrogens (tertiary/aromatic N) is 2. The van der Waals surface area contributed by atoms with Crippen LogP contribution in [0.3, 0.4) is 0 Å². The zero-order chi connectivity index (χ0) is 13.7. The number of likely N-dealkylation sites (tertiary alicyclic amines) is 1. The molecule has 0 bridgehead atoms. The van der Waals surface area contributed by atoms with Gasteiger partial charge in [-0.1, -0.05) is 0 Å². The highest BCUT2D eigenvalue weighted by molar-refractivity contribution is 9.10. The van der Waals surface area contributed by atoms with E-state index in [0.29, 0.717) is 19.7 Å². The highest BCUT2D eigenvalue weighted by atomic mass is 79.9. The molecule has 0 unspecified atom stereocenters. The third-order valence-electron chi connectivity index (χ3n) is 3.18. The lowest BCUT2D eigenvalue weighted by molar-refractivity contribution is -0.0554. The number of hydrogen-bond acceptors (Lipinski definition) is 3. The van der Waals surface area contributed by atoms with Gasteiger partial charge in [0.15, 0.2) is 0 Å². The van der Waals surface area contributed by atoms with Crippen molar-refractivity contribution in [1.82, 2.24) is 9.88 Å². The van der Waals surface area contributed by atoms with Crippen molar-refractivity contribution in [2.75, 3.05) is 26.2 Å². The lowest BCUT2D eigenvalue weighted by atomic mass is 10.1. The first-order valence-electron chi connectivity index (χ1n) is 6.40. The molecule has 0 N–H and O–H groups in total. The fourth-order valence-electron chi connectivity index (χ4n) is 2.03. The second-order valence-electron chi connectivity index (χ2n) is 4.72. The van der Waals surface area contributed by atoms with Crippen LogP contribution in [0.25, 0.3) is 0 Å². The fraction of sp³-hybridized carbons (Fsp3) is 0.615. The Morgan fingerprint density at radius 2 is 2.05 bits per heavy atom. The summed E-state index contributed by atoms with van der Waals surface area (Å²) in [4.78, 5) is 6.13. The van der Waals surface area contributed by atoms with Crippen molar-refractivity contribution in [3.8, 4) is 5.75 Å². The van der Waals surface area contributed by atoms with Crippen molar-refractivity contribution in [2.45, 2.75) is 25.2 Å². The van der Waals surface area contributed by atoms with Crippen LogP contribution < -0.4 is 4.74 Å². The topological polar surface area (TPSA) is 25.4 Å². The Morgan fingerprint density at radius 3 is 2.68 bits per heavy atom. The SMILES string of the molecule is FC1(F)CCN(CCCOc2ccc(Br)nc2)CC1. The summed E-state index contributed by atoms with van der Waals surface area (Å²) in [6.45, 7) is 2.34. The third-order valence-corrected chi connectivity index (χ3v) is 3.64. The minimum absolute atomic E-state index is 0.0233. The maximum atomic E-state index is 13.0. The Balaban J connectivity index is 1.61. The molecule has 19 heavy (non-hydrogen) atoms. The van der Waals surface area contributed by atoms with E-state index in [1.165, 1.54) is 0 Å². The van der Waals surface area contributed by atoms with E-state index in [0.717, 1.165) is 23.3 Å². The molecule has 2 rings (SSSR count). The van der Waals surface area contributed by atoms with E-state index in [-0.39, 0.29) is 12.8 Å². The largest absolute Gasteiger partial charge is 0.492 e. The van der Waals surface area contributed by atoms with E-state index < -0.39 is 5.92 Å². The number of piperidine rings is 1. The number of aromatic nitrogens is 1. The van der Waals surface area contributed by atoms with Crippen molar-refractivity contribution >= 4 is 15.9 Å². The molecule has 1 aliphatic rings. The summed E-state index contributed by atoms with van der Waals surface area (Å²) in [6, 6.07) is 3.67. The molecule has 0 radical (unpaired) electrons. The van der Waals surface area contributed by atoms with Crippen molar-refractivity contribution < 1.29 is 13.5 Å². The number of rotatable bonds is 5. The first kappa shape index (κ1) is 14.7. The van der Waals surface area contributed by atoms with E-state index in [9.17, 15) is 8.78 Å². The molecule has 1 aliphatic heterocycles. The van der Waals surface area contributed by atoms with E-state index in [2.05, 4.69) is 25.8 Å². The van der Waals surface area contributed by atoms with Gasteiger partial charge in [-0.25, -0.2) is 13.8 Å². The van der Waals surface area contributed by atoms with E-state index in [1.54, 1.807) is 6.20 Å². The standard InChI is InChI=1S/C13H17BrF2N2O/c14-12-3-2-11(10-17-12)19-9-1-6-18-7-4-13(15,16)5-8-18/h2-3,10H,1,4-9H2. The fourth-order valence-corrected chi connectivity index (χ4v) is 2.26. The molecule has 0 spiro atoms. The van der Waals surface area contributed by atoms with Crippen LogP contribution in [0.5, 0.6) is 5.75 Å². The first-order valence-corrected chi connectivity index (χ1v) is 7.19. The molecule has 2 heterocycles. The lowest BCUT2D eigenvalue weighted by Gasteiger charge is -2.31. The third kappa shape index (κ3) is 5.03. The number of ether oxygens (including phenoxy) is 1.